The van der Waals surface area contributed by atoms with Crippen LogP contribution >= 0.6 is 11.3 Å². The number of ether oxygens (including phenoxy) is 1. The van der Waals surface area contributed by atoms with Gasteiger partial charge >= 0.3 is 0 Å². The minimum Gasteiger partial charge on any atom is -0.378 e. The number of hydrogen-bond donors (Lipinski definition) is 1. The Hall–Kier alpha value is -2.26. The van der Waals surface area contributed by atoms with Crippen molar-refractivity contribution in [2.75, 3.05) is 37.7 Å². The third-order valence-electron chi connectivity index (χ3n) is 5.88. The van der Waals surface area contributed by atoms with Gasteiger partial charge in [0.25, 0.3) is 5.56 Å². The predicted molar refractivity (Wildman–Crippen MR) is 105 cm³/mol. The summed E-state index contributed by atoms with van der Waals surface area (Å²) in [7, 11) is 0. The summed E-state index contributed by atoms with van der Waals surface area (Å²) in [6.45, 7) is 4.27. The molecule has 0 aromatic carbocycles. The molecule has 4 heterocycles. The van der Waals surface area contributed by atoms with Gasteiger partial charge in [-0.3, -0.25) is 9.59 Å². The van der Waals surface area contributed by atoms with E-state index in [1.54, 1.807) is 11.3 Å². The van der Waals surface area contributed by atoms with Crippen molar-refractivity contribution in [3.8, 4) is 0 Å². The normalized spacial score (nSPS) is 21.9. The van der Waals surface area contributed by atoms with Crippen molar-refractivity contribution < 1.29 is 9.53 Å². The molecule has 8 nitrogen and oxygen atoms in total. The molecule has 1 atom stereocenters. The molecule has 1 N–H and O–H groups in total. The molecular formula is C19H23N5O3S. The number of fused-ring (bicyclic) bond motifs is 2. The fourth-order valence-corrected chi connectivity index (χ4v) is 5.43. The van der Waals surface area contributed by atoms with Crippen LogP contribution in [-0.4, -0.2) is 58.6 Å². The molecule has 2 aromatic rings. The van der Waals surface area contributed by atoms with Crippen LogP contribution in [0.4, 0.5) is 5.13 Å². The van der Waals surface area contributed by atoms with E-state index >= 15 is 0 Å². The summed E-state index contributed by atoms with van der Waals surface area (Å²) in [5.74, 6) is 0.134. The third kappa shape index (κ3) is 3.22. The van der Waals surface area contributed by atoms with E-state index in [4.69, 9.17) is 9.72 Å². The molecule has 2 aromatic heterocycles. The Bertz CT molecular complexity index is 949. The summed E-state index contributed by atoms with van der Waals surface area (Å²) >= 11 is 1.77. The number of amides is 1. The summed E-state index contributed by atoms with van der Waals surface area (Å²) in [4.78, 5) is 42.2. The second-order valence-electron chi connectivity index (χ2n) is 7.57. The van der Waals surface area contributed by atoms with Crippen molar-refractivity contribution in [1.29, 1.82) is 0 Å². The molecule has 5 rings (SSSR count). The van der Waals surface area contributed by atoms with Gasteiger partial charge in [-0.1, -0.05) is 0 Å². The predicted octanol–water partition coefficient (Wildman–Crippen LogP) is 0.753. The summed E-state index contributed by atoms with van der Waals surface area (Å²) < 4.78 is 5.43. The molecular weight excluding hydrogens is 378 g/mol. The minimum atomic E-state index is -0.0856. The molecule has 2 aliphatic heterocycles. The molecule has 1 aliphatic carbocycles. The monoisotopic (exact) mass is 401 g/mol. The van der Waals surface area contributed by atoms with Crippen molar-refractivity contribution in [2.24, 2.45) is 5.92 Å². The highest BCUT2D eigenvalue weighted by Crippen LogP contribution is 2.35. The largest absolute Gasteiger partial charge is 0.378 e. The van der Waals surface area contributed by atoms with Crippen LogP contribution in [-0.2, 0) is 35.3 Å². The molecule has 148 valence electrons. The van der Waals surface area contributed by atoms with Gasteiger partial charge in [0.2, 0.25) is 5.91 Å². The van der Waals surface area contributed by atoms with Gasteiger partial charge in [-0.2, -0.15) is 0 Å². The number of morpholine rings is 1. The number of aromatic nitrogens is 3. The number of aromatic amines is 1. The highest BCUT2D eigenvalue weighted by molar-refractivity contribution is 7.15. The number of hydrogen-bond acceptors (Lipinski definition) is 7. The number of nitrogens with zero attached hydrogens (tertiary/aromatic N) is 4. The van der Waals surface area contributed by atoms with Gasteiger partial charge in [0, 0.05) is 42.4 Å². The van der Waals surface area contributed by atoms with Gasteiger partial charge < -0.3 is 19.5 Å². The molecule has 0 spiro atoms. The molecule has 9 heteroatoms. The second-order valence-corrected chi connectivity index (χ2v) is 8.63. The molecule has 1 saturated heterocycles. The summed E-state index contributed by atoms with van der Waals surface area (Å²) in [5.41, 5.74) is 2.44. The lowest BCUT2D eigenvalue weighted by Gasteiger charge is -2.31. The van der Waals surface area contributed by atoms with Gasteiger partial charge in [-0.15, -0.1) is 11.3 Å². The van der Waals surface area contributed by atoms with Crippen LogP contribution in [0.15, 0.2) is 11.1 Å². The molecule has 28 heavy (non-hydrogen) atoms. The lowest BCUT2D eigenvalue weighted by Crippen LogP contribution is -2.43. The first-order valence-electron chi connectivity index (χ1n) is 9.84. The standard InChI is InChI=1S/C19H23N5O3S/c25-17-13-3-4-24(10-15(13)20-11-21-17)18(26)12-1-2-16-14(9-12)22-19(28-16)23-5-7-27-8-6-23/h11-12H,1-10H2,(H,20,21,25). The van der Waals surface area contributed by atoms with E-state index in [0.29, 0.717) is 31.5 Å². The van der Waals surface area contributed by atoms with E-state index in [9.17, 15) is 9.59 Å². The Morgan fingerprint density at radius 2 is 2.07 bits per heavy atom. The first-order chi connectivity index (χ1) is 13.7. The number of carbonyl (C=O) groups excluding carboxylic acids is 1. The zero-order valence-electron chi connectivity index (χ0n) is 15.6. The van der Waals surface area contributed by atoms with Gasteiger partial charge in [-0.05, 0) is 19.3 Å². The number of aryl methyl sites for hydroxylation is 1. The first-order valence-corrected chi connectivity index (χ1v) is 10.7. The van der Waals surface area contributed by atoms with E-state index in [-0.39, 0.29) is 17.4 Å². The van der Waals surface area contributed by atoms with E-state index in [0.717, 1.165) is 55.7 Å². The minimum absolute atomic E-state index is 0.0318. The fraction of sp³-hybridized carbons (Fsp3) is 0.579. The van der Waals surface area contributed by atoms with Crippen molar-refractivity contribution >= 4 is 22.4 Å². The summed E-state index contributed by atoms with van der Waals surface area (Å²) in [6, 6.07) is 0. The Kier molecular flexibility index (Phi) is 4.64. The molecule has 0 radical (unpaired) electrons. The van der Waals surface area contributed by atoms with E-state index in [1.807, 2.05) is 4.90 Å². The zero-order valence-corrected chi connectivity index (χ0v) is 16.5. The number of carbonyl (C=O) groups is 1. The Morgan fingerprint density at radius 1 is 1.21 bits per heavy atom. The smallest absolute Gasteiger partial charge is 0.254 e. The van der Waals surface area contributed by atoms with Gasteiger partial charge in [0.05, 0.1) is 37.5 Å². The first kappa shape index (κ1) is 17.8. The molecule has 1 amide bonds. The van der Waals surface area contributed by atoms with E-state index in [2.05, 4.69) is 14.9 Å². The van der Waals surface area contributed by atoms with Crippen LogP contribution in [0.25, 0.3) is 0 Å². The molecule has 1 unspecified atom stereocenters. The van der Waals surface area contributed by atoms with Crippen molar-refractivity contribution in [3.63, 3.8) is 0 Å². The van der Waals surface area contributed by atoms with Gasteiger partial charge in [0.1, 0.15) is 0 Å². The maximum atomic E-state index is 13.1. The van der Waals surface area contributed by atoms with Crippen molar-refractivity contribution in [2.45, 2.75) is 32.2 Å². The topological polar surface area (TPSA) is 91.4 Å². The van der Waals surface area contributed by atoms with Crippen LogP contribution in [0.1, 0.15) is 28.2 Å². The third-order valence-corrected chi connectivity index (χ3v) is 7.10. The summed E-state index contributed by atoms with van der Waals surface area (Å²) in [5, 5.41) is 1.07. The average molecular weight is 401 g/mol. The highest BCUT2D eigenvalue weighted by atomic mass is 32.1. The number of anilines is 1. The highest BCUT2D eigenvalue weighted by Gasteiger charge is 2.33. The molecule has 3 aliphatic rings. The SMILES string of the molecule is O=C(C1CCc2sc(N3CCOCC3)nc2C1)N1CCc2c(nc[nH]c2=O)C1. The molecule has 0 saturated carbocycles. The maximum Gasteiger partial charge on any atom is 0.254 e. The van der Waals surface area contributed by atoms with E-state index < -0.39 is 0 Å². The van der Waals surface area contributed by atoms with Crippen LogP contribution in [0.2, 0.25) is 0 Å². The van der Waals surface area contributed by atoms with Crippen LogP contribution in [0, 0.1) is 5.92 Å². The quantitative estimate of drug-likeness (QED) is 0.799. The Labute approximate surface area is 166 Å². The number of nitrogens with one attached hydrogen (secondary N) is 1. The van der Waals surface area contributed by atoms with Crippen molar-refractivity contribution in [3.05, 3.63) is 38.5 Å². The lowest BCUT2D eigenvalue weighted by atomic mass is 9.89. The van der Waals surface area contributed by atoms with Crippen molar-refractivity contribution in [1.82, 2.24) is 19.9 Å². The Balaban J connectivity index is 1.29. The summed E-state index contributed by atoms with van der Waals surface area (Å²) in [6.07, 6.45) is 4.48. The second kappa shape index (κ2) is 7.29. The zero-order chi connectivity index (χ0) is 19.1. The average Bonchev–Trinajstić information content (AvgIpc) is 3.17. The van der Waals surface area contributed by atoms with Crippen LogP contribution in [0.3, 0.4) is 0 Å². The fourth-order valence-electron chi connectivity index (χ4n) is 4.28. The Morgan fingerprint density at radius 3 is 2.93 bits per heavy atom. The molecule has 0 bridgehead atoms. The number of H-pyrrole nitrogens is 1. The van der Waals surface area contributed by atoms with E-state index in [1.165, 1.54) is 11.2 Å². The van der Waals surface area contributed by atoms with Crippen LogP contribution < -0.4 is 10.5 Å². The molecule has 1 fully saturated rings. The number of rotatable bonds is 2. The van der Waals surface area contributed by atoms with Gasteiger partial charge in [0.15, 0.2) is 5.13 Å². The number of thiazole rings is 1. The maximum absolute atomic E-state index is 13.1. The van der Waals surface area contributed by atoms with Gasteiger partial charge in [-0.25, -0.2) is 9.97 Å². The van der Waals surface area contributed by atoms with Crippen LogP contribution in [0.5, 0.6) is 0 Å². The lowest BCUT2D eigenvalue weighted by molar-refractivity contribution is -0.137.